The number of pyridine rings is 1. The number of aromatic nitrogens is 3. The number of para-hydroxylation sites is 1. The molecule has 24 heavy (non-hydrogen) atoms. The zero-order valence-electron chi connectivity index (χ0n) is 14.6. The highest BCUT2D eigenvalue weighted by atomic mass is 32.2. The highest BCUT2D eigenvalue weighted by Gasteiger charge is 2.22. The third-order valence-corrected chi connectivity index (χ3v) is 4.77. The minimum atomic E-state index is -0.253. The van der Waals surface area contributed by atoms with E-state index in [1.54, 1.807) is 0 Å². The van der Waals surface area contributed by atoms with Crippen LogP contribution >= 0.6 is 11.8 Å². The summed E-state index contributed by atoms with van der Waals surface area (Å²) in [7, 11) is 0. The molecule has 126 valence electrons. The summed E-state index contributed by atoms with van der Waals surface area (Å²) in [5.41, 5.74) is 2.78. The number of fused-ring (bicyclic) bond motifs is 3. The van der Waals surface area contributed by atoms with Crippen LogP contribution in [0.4, 0.5) is 0 Å². The largest absolute Gasteiger partial charge is 0.351 e. The van der Waals surface area contributed by atoms with Gasteiger partial charge in [-0.15, -0.1) is 10.2 Å². The molecule has 0 aliphatic rings. The monoisotopic (exact) mass is 342 g/mol. The zero-order chi connectivity index (χ0) is 17.5. The number of amides is 1. The Morgan fingerprint density at radius 3 is 2.67 bits per heavy atom. The van der Waals surface area contributed by atoms with Crippen LogP contribution in [0.2, 0.25) is 0 Å². The minimum Gasteiger partial charge on any atom is -0.351 e. The van der Waals surface area contributed by atoms with Gasteiger partial charge in [0, 0.05) is 10.9 Å². The van der Waals surface area contributed by atoms with Crippen LogP contribution in [0.1, 0.15) is 33.3 Å². The van der Waals surface area contributed by atoms with Gasteiger partial charge in [0.25, 0.3) is 0 Å². The number of nitrogens with zero attached hydrogens (tertiary/aromatic N) is 3. The maximum atomic E-state index is 12.3. The number of aryl methyl sites for hydroxylation is 1. The molecule has 0 spiro atoms. The van der Waals surface area contributed by atoms with Gasteiger partial charge < -0.3 is 5.32 Å². The van der Waals surface area contributed by atoms with Gasteiger partial charge in [-0.25, -0.2) is 0 Å². The summed E-state index contributed by atoms with van der Waals surface area (Å²) in [6.07, 6.45) is 0. The van der Waals surface area contributed by atoms with Crippen LogP contribution in [0.3, 0.4) is 0 Å². The molecular weight excluding hydrogens is 320 g/mol. The fraction of sp³-hybridized carbons (Fsp3) is 0.389. The molecule has 3 aromatic rings. The Hall–Kier alpha value is -2.08. The Morgan fingerprint density at radius 1 is 1.25 bits per heavy atom. The summed E-state index contributed by atoms with van der Waals surface area (Å²) in [5.74, 6) is 0.000618. The van der Waals surface area contributed by atoms with E-state index in [-0.39, 0.29) is 16.7 Å². The molecule has 1 atom stereocenters. The highest BCUT2D eigenvalue weighted by Crippen LogP contribution is 2.28. The van der Waals surface area contributed by atoms with Crippen molar-refractivity contribution in [2.45, 2.75) is 50.6 Å². The second-order valence-corrected chi connectivity index (χ2v) is 8.33. The first-order valence-electron chi connectivity index (χ1n) is 7.98. The van der Waals surface area contributed by atoms with Gasteiger partial charge in [0.1, 0.15) is 0 Å². The minimum absolute atomic E-state index is 0.000618. The Kier molecular flexibility index (Phi) is 4.25. The van der Waals surface area contributed by atoms with Gasteiger partial charge in [-0.1, -0.05) is 30.0 Å². The molecule has 1 amide bonds. The first-order valence-corrected chi connectivity index (χ1v) is 8.86. The van der Waals surface area contributed by atoms with Crippen molar-refractivity contribution in [2.75, 3.05) is 0 Å². The van der Waals surface area contributed by atoms with E-state index in [2.05, 4.69) is 34.6 Å². The first kappa shape index (κ1) is 16.8. The fourth-order valence-corrected chi connectivity index (χ4v) is 3.50. The van der Waals surface area contributed by atoms with Crippen molar-refractivity contribution in [3.63, 3.8) is 0 Å². The third-order valence-electron chi connectivity index (χ3n) is 3.72. The lowest BCUT2D eigenvalue weighted by atomic mass is 10.1. The smallest absolute Gasteiger partial charge is 0.233 e. The van der Waals surface area contributed by atoms with E-state index in [1.807, 2.05) is 50.3 Å². The summed E-state index contributed by atoms with van der Waals surface area (Å²) in [5, 5.41) is 13.2. The predicted molar refractivity (Wildman–Crippen MR) is 98.4 cm³/mol. The fourth-order valence-electron chi connectivity index (χ4n) is 2.63. The molecule has 0 unspecified atom stereocenters. The lowest BCUT2D eigenvalue weighted by Crippen LogP contribution is -2.44. The molecule has 3 rings (SSSR count). The van der Waals surface area contributed by atoms with E-state index in [0.717, 1.165) is 16.3 Å². The number of nitrogens with one attached hydrogen (secondary N) is 1. The van der Waals surface area contributed by atoms with Gasteiger partial charge in [0.15, 0.2) is 10.8 Å². The second kappa shape index (κ2) is 6.09. The Labute approximate surface area is 145 Å². The molecular formula is C18H22N4OS. The first-order chi connectivity index (χ1) is 11.3. The molecule has 0 saturated carbocycles. The van der Waals surface area contributed by atoms with E-state index >= 15 is 0 Å². The van der Waals surface area contributed by atoms with E-state index in [0.29, 0.717) is 0 Å². The molecule has 0 radical (unpaired) electrons. The molecule has 0 bridgehead atoms. The SMILES string of the molecule is Cc1cc2nnc(S[C@@H](C)C(=O)NC(C)(C)C)n2c2ccccc12. The Balaban J connectivity index is 1.99. The van der Waals surface area contributed by atoms with Gasteiger partial charge >= 0.3 is 0 Å². The van der Waals surface area contributed by atoms with Crippen LogP contribution in [0, 0.1) is 6.92 Å². The van der Waals surface area contributed by atoms with Crippen molar-refractivity contribution in [2.24, 2.45) is 0 Å². The van der Waals surface area contributed by atoms with Crippen LogP contribution < -0.4 is 5.32 Å². The number of hydrogen-bond donors (Lipinski definition) is 1. The zero-order valence-corrected chi connectivity index (χ0v) is 15.4. The van der Waals surface area contributed by atoms with Crippen LogP contribution in [-0.4, -0.2) is 31.3 Å². The Bertz CT molecular complexity index is 910. The van der Waals surface area contributed by atoms with Crippen molar-refractivity contribution in [3.8, 4) is 0 Å². The summed E-state index contributed by atoms with van der Waals surface area (Å²) in [6, 6.07) is 10.2. The molecule has 1 N–H and O–H groups in total. The van der Waals surface area contributed by atoms with Gasteiger partial charge in [-0.2, -0.15) is 0 Å². The molecule has 2 heterocycles. The summed E-state index contributed by atoms with van der Waals surface area (Å²) < 4.78 is 2.02. The number of carbonyl (C=O) groups is 1. The van der Waals surface area contributed by atoms with Crippen molar-refractivity contribution in [1.29, 1.82) is 0 Å². The standard InChI is InChI=1S/C18H22N4OS/c1-11-10-15-20-21-17(22(15)14-9-7-6-8-13(11)14)24-12(2)16(23)19-18(3,4)5/h6-10,12H,1-5H3,(H,19,23)/t12-/m0/s1. The average molecular weight is 342 g/mol. The maximum absolute atomic E-state index is 12.3. The highest BCUT2D eigenvalue weighted by molar-refractivity contribution is 8.00. The summed E-state index contributed by atoms with van der Waals surface area (Å²) in [6.45, 7) is 9.90. The van der Waals surface area contributed by atoms with Crippen molar-refractivity contribution >= 4 is 34.2 Å². The number of hydrogen-bond acceptors (Lipinski definition) is 4. The lowest BCUT2D eigenvalue weighted by molar-refractivity contribution is -0.121. The normalized spacial score (nSPS) is 13.4. The molecule has 0 saturated heterocycles. The van der Waals surface area contributed by atoms with E-state index in [4.69, 9.17) is 0 Å². The summed E-state index contributed by atoms with van der Waals surface area (Å²) >= 11 is 1.43. The maximum Gasteiger partial charge on any atom is 0.233 e. The average Bonchev–Trinajstić information content (AvgIpc) is 2.88. The van der Waals surface area contributed by atoms with Crippen molar-refractivity contribution in [1.82, 2.24) is 19.9 Å². The van der Waals surface area contributed by atoms with E-state index in [1.165, 1.54) is 22.7 Å². The topological polar surface area (TPSA) is 59.3 Å². The number of carbonyl (C=O) groups excluding carboxylic acids is 1. The second-order valence-electron chi connectivity index (χ2n) is 7.02. The Morgan fingerprint density at radius 2 is 1.96 bits per heavy atom. The van der Waals surface area contributed by atoms with Gasteiger partial charge in [-0.05, 0) is 52.3 Å². The quantitative estimate of drug-likeness (QED) is 0.739. The van der Waals surface area contributed by atoms with Crippen molar-refractivity contribution < 1.29 is 4.79 Å². The predicted octanol–water partition coefficient (Wildman–Crippen LogP) is 3.59. The van der Waals surface area contributed by atoms with Crippen LogP contribution in [0.25, 0.3) is 16.6 Å². The van der Waals surface area contributed by atoms with Crippen LogP contribution in [0.15, 0.2) is 35.5 Å². The molecule has 0 fully saturated rings. The molecule has 6 heteroatoms. The van der Waals surface area contributed by atoms with Crippen LogP contribution in [0.5, 0.6) is 0 Å². The van der Waals surface area contributed by atoms with Crippen molar-refractivity contribution in [3.05, 3.63) is 35.9 Å². The molecule has 0 aliphatic carbocycles. The van der Waals surface area contributed by atoms with E-state index in [9.17, 15) is 4.79 Å². The molecule has 2 aromatic heterocycles. The number of thioether (sulfide) groups is 1. The lowest BCUT2D eigenvalue weighted by Gasteiger charge is -2.22. The summed E-state index contributed by atoms with van der Waals surface area (Å²) in [4.78, 5) is 12.3. The number of rotatable bonds is 3. The van der Waals surface area contributed by atoms with E-state index < -0.39 is 0 Å². The van der Waals surface area contributed by atoms with Gasteiger partial charge in [0.05, 0.1) is 10.8 Å². The third kappa shape index (κ3) is 3.24. The molecule has 0 aliphatic heterocycles. The van der Waals surface area contributed by atoms with Gasteiger partial charge in [0.2, 0.25) is 5.91 Å². The number of benzene rings is 1. The molecule has 1 aromatic carbocycles. The molecule has 5 nitrogen and oxygen atoms in total. The van der Waals surface area contributed by atoms with Crippen LogP contribution in [-0.2, 0) is 4.79 Å². The van der Waals surface area contributed by atoms with Gasteiger partial charge in [-0.3, -0.25) is 9.20 Å².